The number of para-hydroxylation sites is 1. The molecule has 5 nitrogen and oxygen atoms in total. The van der Waals surface area contributed by atoms with E-state index in [1.54, 1.807) is 7.11 Å². The van der Waals surface area contributed by atoms with Gasteiger partial charge >= 0.3 is 0 Å². The van der Waals surface area contributed by atoms with Crippen molar-refractivity contribution in [3.63, 3.8) is 0 Å². The minimum atomic E-state index is 0.726. The molecule has 0 spiro atoms. The van der Waals surface area contributed by atoms with Gasteiger partial charge in [-0.15, -0.1) is 0 Å². The van der Waals surface area contributed by atoms with Gasteiger partial charge < -0.3 is 15.0 Å². The summed E-state index contributed by atoms with van der Waals surface area (Å²) in [4.78, 5) is 10.8. The molecule has 1 aromatic carbocycles. The van der Waals surface area contributed by atoms with Crippen LogP contribution < -0.4 is 15.0 Å². The van der Waals surface area contributed by atoms with Gasteiger partial charge in [-0.25, -0.2) is 9.97 Å². The van der Waals surface area contributed by atoms with Crippen LogP contribution in [0.25, 0.3) is 0 Å². The van der Waals surface area contributed by atoms with Crippen molar-refractivity contribution in [1.82, 2.24) is 9.97 Å². The lowest BCUT2D eigenvalue weighted by molar-refractivity contribution is 0.409. The topological polar surface area (TPSA) is 50.3 Å². The minimum absolute atomic E-state index is 0.726. The molecule has 2 aromatic rings. The molecule has 5 heteroatoms. The normalized spacial score (nSPS) is 10.2. The minimum Gasteiger partial charge on any atom is -0.496 e. The van der Waals surface area contributed by atoms with Gasteiger partial charge in [-0.05, 0) is 13.0 Å². The molecule has 0 atom stereocenters. The average Bonchev–Trinajstić information content (AvgIpc) is 2.47. The van der Waals surface area contributed by atoms with Gasteiger partial charge in [0.15, 0.2) is 0 Å². The van der Waals surface area contributed by atoms with Gasteiger partial charge in [0.2, 0.25) is 0 Å². The highest BCUT2D eigenvalue weighted by molar-refractivity contribution is 5.49. The number of methoxy groups -OCH3 is 1. The number of rotatable bonds is 5. The summed E-state index contributed by atoms with van der Waals surface area (Å²) in [6.45, 7) is 2.62. The van der Waals surface area contributed by atoms with Gasteiger partial charge in [0.25, 0.3) is 0 Å². The molecule has 0 bridgehead atoms. The zero-order valence-corrected chi connectivity index (χ0v) is 12.3. The molecule has 2 rings (SSSR count). The molecule has 0 aliphatic rings. The predicted molar refractivity (Wildman–Crippen MR) is 81.4 cm³/mol. The summed E-state index contributed by atoms with van der Waals surface area (Å²) in [6, 6.07) is 9.93. The Balaban J connectivity index is 2.23. The summed E-state index contributed by atoms with van der Waals surface area (Å²) in [5, 5.41) is 3.05. The number of aryl methyl sites for hydroxylation is 1. The maximum atomic E-state index is 5.38. The monoisotopic (exact) mass is 272 g/mol. The third-order valence-electron chi connectivity index (χ3n) is 3.07. The lowest BCUT2D eigenvalue weighted by Gasteiger charge is -2.20. The van der Waals surface area contributed by atoms with Crippen molar-refractivity contribution in [2.45, 2.75) is 13.5 Å². The molecular formula is C15H20N4O. The van der Waals surface area contributed by atoms with Crippen LogP contribution in [0.4, 0.5) is 11.6 Å². The van der Waals surface area contributed by atoms with Gasteiger partial charge in [0, 0.05) is 32.3 Å². The molecule has 0 fully saturated rings. The highest BCUT2D eigenvalue weighted by atomic mass is 16.5. The van der Waals surface area contributed by atoms with Gasteiger partial charge in [0.1, 0.15) is 23.2 Å². The van der Waals surface area contributed by atoms with Crippen LogP contribution in [0.5, 0.6) is 5.75 Å². The van der Waals surface area contributed by atoms with Crippen LogP contribution in [0.15, 0.2) is 30.3 Å². The number of aromatic nitrogens is 2. The molecule has 1 N–H and O–H groups in total. The van der Waals surface area contributed by atoms with Gasteiger partial charge in [0.05, 0.1) is 7.11 Å². The van der Waals surface area contributed by atoms with Crippen LogP contribution >= 0.6 is 0 Å². The zero-order valence-electron chi connectivity index (χ0n) is 12.3. The van der Waals surface area contributed by atoms with Gasteiger partial charge in [-0.3, -0.25) is 0 Å². The molecular weight excluding hydrogens is 252 g/mol. The Morgan fingerprint density at radius 3 is 2.70 bits per heavy atom. The van der Waals surface area contributed by atoms with Crippen LogP contribution in [0.2, 0.25) is 0 Å². The SMILES string of the molecule is CNc1cc(N(C)Cc2ccccc2OC)nc(C)n1. The number of hydrogen-bond acceptors (Lipinski definition) is 5. The van der Waals surface area contributed by atoms with E-state index >= 15 is 0 Å². The van der Waals surface area contributed by atoms with E-state index in [2.05, 4.69) is 26.3 Å². The fourth-order valence-electron chi connectivity index (χ4n) is 2.05. The van der Waals surface area contributed by atoms with Crippen molar-refractivity contribution >= 4 is 11.6 Å². The smallest absolute Gasteiger partial charge is 0.134 e. The number of benzene rings is 1. The van der Waals surface area contributed by atoms with E-state index < -0.39 is 0 Å². The fourth-order valence-corrected chi connectivity index (χ4v) is 2.05. The Morgan fingerprint density at radius 1 is 1.25 bits per heavy atom. The molecule has 0 saturated heterocycles. The Kier molecular flexibility index (Phi) is 4.40. The van der Waals surface area contributed by atoms with E-state index in [-0.39, 0.29) is 0 Å². The predicted octanol–water partition coefficient (Wildman–Crippen LogP) is 2.47. The van der Waals surface area contributed by atoms with Crippen molar-refractivity contribution < 1.29 is 4.74 Å². The summed E-state index contributed by atoms with van der Waals surface area (Å²) in [5.74, 6) is 3.34. The standard InChI is InChI=1S/C15H20N4O/c1-11-17-14(16-2)9-15(18-11)19(3)10-12-7-5-6-8-13(12)20-4/h5-9H,10H2,1-4H3,(H,16,17,18). The van der Waals surface area contributed by atoms with Crippen LogP contribution in [0, 0.1) is 6.92 Å². The van der Waals surface area contributed by atoms with E-state index in [9.17, 15) is 0 Å². The highest BCUT2D eigenvalue weighted by Gasteiger charge is 2.09. The second kappa shape index (κ2) is 6.23. The molecule has 0 radical (unpaired) electrons. The average molecular weight is 272 g/mol. The van der Waals surface area contributed by atoms with Crippen molar-refractivity contribution in [3.8, 4) is 5.75 Å². The first kappa shape index (κ1) is 14.1. The maximum absolute atomic E-state index is 5.38. The van der Waals surface area contributed by atoms with Crippen molar-refractivity contribution in [2.75, 3.05) is 31.4 Å². The Bertz CT molecular complexity index is 586. The summed E-state index contributed by atoms with van der Waals surface area (Å²) < 4.78 is 5.38. The van der Waals surface area contributed by atoms with E-state index in [0.29, 0.717) is 0 Å². The fraction of sp³-hybridized carbons (Fsp3) is 0.333. The Labute approximate surface area is 119 Å². The number of nitrogens with one attached hydrogen (secondary N) is 1. The zero-order chi connectivity index (χ0) is 14.5. The first-order chi connectivity index (χ1) is 9.63. The van der Waals surface area contributed by atoms with Crippen molar-refractivity contribution in [1.29, 1.82) is 0 Å². The summed E-state index contributed by atoms with van der Waals surface area (Å²) >= 11 is 0. The number of hydrogen-bond donors (Lipinski definition) is 1. The number of ether oxygens (including phenoxy) is 1. The lowest BCUT2D eigenvalue weighted by Crippen LogP contribution is -2.19. The molecule has 1 aromatic heterocycles. The van der Waals surface area contributed by atoms with Crippen LogP contribution in [-0.2, 0) is 6.54 Å². The van der Waals surface area contributed by atoms with Gasteiger partial charge in [-0.1, -0.05) is 18.2 Å². The summed E-state index contributed by atoms with van der Waals surface area (Å²) in [7, 11) is 5.55. The molecule has 106 valence electrons. The Morgan fingerprint density at radius 2 is 2.00 bits per heavy atom. The van der Waals surface area contributed by atoms with Crippen molar-refractivity contribution in [3.05, 3.63) is 41.7 Å². The molecule has 0 aliphatic heterocycles. The second-order valence-electron chi connectivity index (χ2n) is 4.58. The van der Waals surface area contributed by atoms with Crippen LogP contribution in [-0.4, -0.2) is 31.2 Å². The number of nitrogens with zero attached hydrogens (tertiary/aromatic N) is 3. The molecule has 0 unspecified atom stereocenters. The first-order valence-corrected chi connectivity index (χ1v) is 6.50. The molecule has 0 aliphatic carbocycles. The van der Waals surface area contributed by atoms with Crippen LogP contribution in [0.1, 0.15) is 11.4 Å². The van der Waals surface area contributed by atoms with E-state index in [4.69, 9.17) is 4.74 Å². The van der Waals surface area contributed by atoms with E-state index in [0.717, 1.165) is 35.3 Å². The first-order valence-electron chi connectivity index (χ1n) is 6.50. The lowest BCUT2D eigenvalue weighted by atomic mass is 10.2. The van der Waals surface area contributed by atoms with Crippen LogP contribution in [0.3, 0.4) is 0 Å². The van der Waals surface area contributed by atoms with E-state index in [1.807, 2.05) is 45.3 Å². The van der Waals surface area contributed by atoms with E-state index in [1.165, 1.54) is 0 Å². The van der Waals surface area contributed by atoms with Crippen molar-refractivity contribution in [2.24, 2.45) is 0 Å². The number of anilines is 2. The molecule has 0 amide bonds. The Hall–Kier alpha value is -2.30. The van der Waals surface area contributed by atoms with Gasteiger partial charge in [-0.2, -0.15) is 0 Å². The summed E-state index contributed by atoms with van der Waals surface area (Å²) in [6.07, 6.45) is 0. The highest BCUT2D eigenvalue weighted by Crippen LogP contribution is 2.22. The third-order valence-corrected chi connectivity index (χ3v) is 3.07. The second-order valence-corrected chi connectivity index (χ2v) is 4.58. The summed E-state index contributed by atoms with van der Waals surface area (Å²) in [5.41, 5.74) is 1.12. The molecule has 20 heavy (non-hydrogen) atoms. The molecule has 0 saturated carbocycles. The maximum Gasteiger partial charge on any atom is 0.134 e. The third kappa shape index (κ3) is 3.17. The quantitative estimate of drug-likeness (QED) is 0.906. The molecule has 1 heterocycles. The largest absolute Gasteiger partial charge is 0.496 e.